The maximum Gasteiger partial charge on any atom is 0.202 e. The second-order valence-corrected chi connectivity index (χ2v) is 5.26. The molecule has 0 atom stereocenters. The number of benzene rings is 1. The summed E-state index contributed by atoms with van der Waals surface area (Å²) in [4.78, 5) is 4.07. The van der Waals surface area contributed by atoms with Crippen LogP contribution in [-0.4, -0.2) is 28.1 Å². The topological polar surface area (TPSA) is 137 Å². The van der Waals surface area contributed by atoms with Crippen molar-refractivity contribution in [2.75, 3.05) is 18.2 Å². The summed E-state index contributed by atoms with van der Waals surface area (Å²) in [5, 5.41) is 15.7. The maximum absolute atomic E-state index is 14.3. The summed E-state index contributed by atoms with van der Waals surface area (Å²) in [6.45, 7) is 0. The van der Waals surface area contributed by atoms with Gasteiger partial charge in [-0.2, -0.15) is 15.0 Å². The molecule has 0 aliphatic carbocycles. The number of amidine groups is 1. The Kier molecular flexibility index (Phi) is 5.01. The van der Waals surface area contributed by atoms with Crippen molar-refractivity contribution in [2.45, 2.75) is 0 Å². The first-order valence-corrected chi connectivity index (χ1v) is 7.53. The number of hydrogen-bond donors (Lipinski definition) is 4. The molecule has 11 heteroatoms. The number of nitrogen functional groups attached to an aromatic ring is 1. The van der Waals surface area contributed by atoms with Crippen LogP contribution in [0.25, 0.3) is 11.1 Å². The van der Waals surface area contributed by atoms with Crippen LogP contribution < -0.4 is 15.8 Å². The number of nitrogens with zero attached hydrogens (tertiary/aromatic N) is 4. The van der Waals surface area contributed by atoms with Gasteiger partial charge in [-0.3, -0.25) is 5.10 Å². The number of rotatable bonds is 5. The first-order chi connectivity index (χ1) is 13.0. The number of aromatic nitrogens is 3. The average molecular weight is 372 g/mol. The van der Waals surface area contributed by atoms with Gasteiger partial charge in [-0.1, -0.05) is 5.22 Å². The predicted octanol–water partition coefficient (Wildman–Crippen LogP) is 3.15. The number of ether oxygens (including phenoxy) is 1. The van der Waals surface area contributed by atoms with Crippen LogP contribution >= 0.6 is 0 Å². The van der Waals surface area contributed by atoms with E-state index in [0.717, 1.165) is 5.56 Å². The van der Waals surface area contributed by atoms with Crippen LogP contribution in [0, 0.1) is 17.2 Å². The molecule has 0 aliphatic heterocycles. The van der Waals surface area contributed by atoms with Crippen LogP contribution in [0.5, 0.6) is 5.75 Å². The highest BCUT2D eigenvalue weighted by Crippen LogP contribution is 2.27. The Hall–Kier alpha value is -3.89. The summed E-state index contributed by atoms with van der Waals surface area (Å²) >= 11 is 0. The first-order valence-electron chi connectivity index (χ1n) is 7.53. The zero-order chi connectivity index (χ0) is 19.4. The van der Waals surface area contributed by atoms with Crippen LogP contribution in [0.15, 0.2) is 47.1 Å². The monoisotopic (exact) mass is 372 g/mol. The minimum absolute atomic E-state index is 0.0616. The van der Waals surface area contributed by atoms with Crippen molar-refractivity contribution in [3.05, 3.63) is 54.0 Å². The second kappa shape index (κ2) is 7.56. The smallest absolute Gasteiger partial charge is 0.202 e. The molecule has 0 radical (unpaired) electrons. The first kappa shape index (κ1) is 17.9. The normalized spacial score (nSPS) is 11.3. The molecule has 0 fully saturated rings. The molecule has 2 heterocycles. The van der Waals surface area contributed by atoms with E-state index in [-0.39, 0.29) is 28.7 Å². The van der Waals surface area contributed by atoms with Gasteiger partial charge in [0.25, 0.3) is 0 Å². The fourth-order valence-electron chi connectivity index (χ4n) is 2.34. The number of nitrogens with one attached hydrogen (secondary N) is 3. The molecule has 0 saturated carbocycles. The number of pyridine rings is 1. The van der Waals surface area contributed by atoms with Crippen molar-refractivity contribution in [1.29, 1.82) is 5.53 Å². The highest BCUT2D eigenvalue weighted by Gasteiger charge is 2.18. The number of H-pyrrole nitrogens is 1. The SMILES string of the molecule is COc1ccc(N/C(=N\N=N)c2cc(-c3cn[nH]c3)cnc2N)c(F)c1F. The van der Waals surface area contributed by atoms with E-state index in [1.165, 1.54) is 25.4 Å². The van der Waals surface area contributed by atoms with Gasteiger partial charge in [0.15, 0.2) is 17.4 Å². The number of hydrogen-bond acceptors (Lipinski definition) is 6. The van der Waals surface area contributed by atoms with Crippen molar-refractivity contribution >= 4 is 17.3 Å². The van der Waals surface area contributed by atoms with E-state index in [4.69, 9.17) is 16.0 Å². The van der Waals surface area contributed by atoms with Crippen molar-refractivity contribution < 1.29 is 13.5 Å². The Labute approximate surface area is 151 Å². The lowest BCUT2D eigenvalue weighted by Crippen LogP contribution is -2.17. The molecule has 1 aromatic carbocycles. The van der Waals surface area contributed by atoms with Gasteiger partial charge in [0.05, 0.1) is 24.6 Å². The van der Waals surface area contributed by atoms with Crippen LogP contribution in [0.2, 0.25) is 0 Å². The summed E-state index contributed by atoms with van der Waals surface area (Å²) in [5.41, 5.74) is 14.3. The molecule has 138 valence electrons. The highest BCUT2D eigenvalue weighted by atomic mass is 19.2. The molecule has 3 rings (SSSR count). The van der Waals surface area contributed by atoms with Crippen LogP contribution in [0.4, 0.5) is 20.3 Å². The molecule has 0 aliphatic rings. The lowest BCUT2D eigenvalue weighted by molar-refractivity contribution is 0.372. The van der Waals surface area contributed by atoms with Crippen molar-refractivity contribution in [3.8, 4) is 16.9 Å². The van der Waals surface area contributed by atoms with Gasteiger partial charge < -0.3 is 15.8 Å². The van der Waals surface area contributed by atoms with Crippen molar-refractivity contribution in [3.63, 3.8) is 0 Å². The Morgan fingerprint density at radius 1 is 1.26 bits per heavy atom. The molecule has 0 bridgehead atoms. The van der Waals surface area contributed by atoms with Gasteiger partial charge in [0.2, 0.25) is 5.82 Å². The number of anilines is 2. The molecule has 0 amide bonds. The van der Waals surface area contributed by atoms with E-state index in [0.29, 0.717) is 5.56 Å². The predicted molar refractivity (Wildman–Crippen MR) is 94.4 cm³/mol. The molecule has 27 heavy (non-hydrogen) atoms. The zero-order valence-electron chi connectivity index (χ0n) is 14.0. The quantitative estimate of drug-likeness (QED) is 0.236. The van der Waals surface area contributed by atoms with Crippen molar-refractivity contribution in [1.82, 2.24) is 15.2 Å². The highest BCUT2D eigenvalue weighted by molar-refractivity contribution is 6.11. The lowest BCUT2D eigenvalue weighted by atomic mass is 10.1. The van der Waals surface area contributed by atoms with E-state index in [2.05, 4.69) is 30.8 Å². The fraction of sp³-hybridized carbons (Fsp3) is 0.0625. The number of halogens is 2. The van der Waals surface area contributed by atoms with Gasteiger partial charge in [0.1, 0.15) is 5.82 Å². The number of nitrogens with two attached hydrogens (primary N) is 1. The summed E-state index contributed by atoms with van der Waals surface area (Å²) in [6, 6.07) is 4.13. The van der Waals surface area contributed by atoms with Gasteiger partial charge >= 0.3 is 0 Å². The second-order valence-electron chi connectivity index (χ2n) is 5.26. The third kappa shape index (κ3) is 3.56. The molecule has 3 aromatic rings. The standard InChI is InChI=1S/C16H14F2N8O/c1-27-12-3-2-11(13(17)14(12)18)24-16(25-26-20)10-4-8(5-21-15(10)19)9-6-22-23-7-9/h2-7H,1H3,(H2,19,21)(H,22,23)(H2,20,24,25). The Bertz CT molecular complexity index is 1000. The van der Waals surface area contributed by atoms with Gasteiger partial charge in [-0.15, -0.1) is 5.10 Å². The molecule has 2 aromatic heterocycles. The summed E-state index contributed by atoms with van der Waals surface area (Å²) in [6.07, 6.45) is 4.75. The molecule has 9 nitrogen and oxygen atoms in total. The van der Waals surface area contributed by atoms with E-state index >= 15 is 0 Å². The van der Waals surface area contributed by atoms with Gasteiger partial charge in [-0.25, -0.2) is 9.37 Å². The van der Waals surface area contributed by atoms with Crippen LogP contribution in [0.3, 0.4) is 0 Å². The molecule has 5 N–H and O–H groups in total. The van der Waals surface area contributed by atoms with Gasteiger partial charge in [-0.05, 0) is 18.2 Å². The minimum Gasteiger partial charge on any atom is -0.494 e. The third-order valence-corrected chi connectivity index (χ3v) is 3.68. The van der Waals surface area contributed by atoms with E-state index in [1.54, 1.807) is 18.5 Å². The van der Waals surface area contributed by atoms with Crippen LogP contribution in [0.1, 0.15) is 5.56 Å². The zero-order valence-corrected chi connectivity index (χ0v) is 14.0. The molecule has 0 saturated heterocycles. The Morgan fingerprint density at radius 3 is 2.74 bits per heavy atom. The summed E-state index contributed by atoms with van der Waals surface area (Å²) in [7, 11) is 1.23. The van der Waals surface area contributed by atoms with E-state index in [1.807, 2.05) is 0 Å². The lowest BCUT2D eigenvalue weighted by Gasteiger charge is -2.13. The fourth-order valence-corrected chi connectivity index (χ4v) is 2.34. The molecular weight excluding hydrogens is 358 g/mol. The molecule has 0 unspecified atom stereocenters. The van der Waals surface area contributed by atoms with E-state index < -0.39 is 11.6 Å². The summed E-state index contributed by atoms with van der Waals surface area (Å²) in [5.74, 6) is -2.60. The maximum atomic E-state index is 14.3. The Balaban J connectivity index is 2.03. The average Bonchev–Trinajstić information content (AvgIpc) is 3.20. The summed E-state index contributed by atoms with van der Waals surface area (Å²) < 4.78 is 32.9. The molecule has 0 spiro atoms. The minimum atomic E-state index is -1.18. The van der Waals surface area contributed by atoms with Gasteiger partial charge in [0, 0.05) is 23.5 Å². The Morgan fingerprint density at radius 2 is 2.07 bits per heavy atom. The van der Waals surface area contributed by atoms with Crippen LogP contribution in [-0.2, 0) is 0 Å². The number of methoxy groups -OCH3 is 1. The van der Waals surface area contributed by atoms with Crippen molar-refractivity contribution in [2.24, 2.45) is 10.3 Å². The van der Waals surface area contributed by atoms with E-state index in [9.17, 15) is 8.78 Å². The largest absolute Gasteiger partial charge is 0.494 e. The number of aromatic amines is 1. The third-order valence-electron chi connectivity index (χ3n) is 3.68. The molecular formula is C16H14F2N8O.